The van der Waals surface area contributed by atoms with Crippen LogP contribution in [0.25, 0.3) is 11.1 Å². The average molecular weight is 574 g/mol. The third-order valence-electron chi connectivity index (χ3n) is 7.88. The van der Waals surface area contributed by atoms with E-state index < -0.39 is 41.3 Å². The van der Waals surface area contributed by atoms with Crippen molar-refractivity contribution in [3.05, 3.63) is 112 Å². The number of primary amides is 1. The molecule has 8 nitrogen and oxygen atoms in total. The number of hydrogen-bond donors (Lipinski definition) is 3. The van der Waals surface area contributed by atoms with E-state index in [1.54, 1.807) is 17.1 Å². The number of fused-ring (bicyclic) bond motifs is 4. The molecule has 0 radical (unpaired) electrons. The van der Waals surface area contributed by atoms with Gasteiger partial charge in [0.2, 0.25) is 5.91 Å². The minimum atomic E-state index is -0.948. The Morgan fingerprint density at radius 1 is 1.14 bits per heavy atom. The summed E-state index contributed by atoms with van der Waals surface area (Å²) in [6.45, 7) is -0.133. The SMILES string of the molecule is NC(=O)c1cc(-c2cccnc2[C@H](Cc2cc(F)cc(F)c2)NC(=O)CN2N[C@H](C=O)C3=C2C2=CC[C@H]3C2)ccc1F. The first-order valence-corrected chi connectivity index (χ1v) is 13.4. The molecule has 2 aromatic carbocycles. The molecule has 0 saturated heterocycles. The van der Waals surface area contributed by atoms with Crippen LogP contribution in [0.15, 0.2) is 77.6 Å². The van der Waals surface area contributed by atoms with Crippen molar-refractivity contribution in [2.75, 3.05) is 6.54 Å². The number of aldehydes is 1. The van der Waals surface area contributed by atoms with E-state index >= 15 is 0 Å². The number of aromatic nitrogens is 1. The van der Waals surface area contributed by atoms with E-state index in [0.29, 0.717) is 16.8 Å². The van der Waals surface area contributed by atoms with E-state index in [0.717, 1.165) is 48.1 Å². The lowest BCUT2D eigenvalue weighted by atomic mass is 9.94. The second kappa shape index (κ2) is 10.9. The second-order valence-electron chi connectivity index (χ2n) is 10.6. The molecule has 0 spiro atoms. The minimum absolute atomic E-state index is 0.0279. The molecule has 1 aromatic heterocycles. The number of carbonyl (C=O) groups is 3. The van der Waals surface area contributed by atoms with Gasteiger partial charge in [0.1, 0.15) is 36.3 Å². The Balaban J connectivity index is 1.33. The van der Waals surface area contributed by atoms with Crippen LogP contribution >= 0.6 is 0 Å². The summed E-state index contributed by atoms with van der Waals surface area (Å²) in [5.41, 5.74) is 12.6. The van der Waals surface area contributed by atoms with Gasteiger partial charge in [-0.3, -0.25) is 19.6 Å². The van der Waals surface area contributed by atoms with Crippen LogP contribution in [0.4, 0.5) is 13.2 Å². The number of nitrogens with two attached hydrogens (primary N) is 1. The first kappa shape index (κ1) is 27.4. The van der Waals surface area contributed by atoms with Crippen molar-refractivity contribution in [1.29, 1.82) is 0 Å². The lowest BCUT2D eigenvalue weighted by Gasteiger charge is -2.26. The largest absolute Gasteiger partial charge is 0.366 e. The number of halogens is 3. The first-order chi connectivity index (χ1) is 20.2. The van der Waals surface area contributed by atoms with Crippen molar-refractivity contribution in [3.63, 3.8) is 0 Å². The predicted octanol–water partition coefficient (Wildman–Crippen LogP) is 3.66. The van der Waals surface area contributed by atoms with Gasteiger partial charge in [0.05, 0.1) is 23.0 Å². The third kappa shape index (κ3) is 5.07. The quantitative estimate of drug-likeness (QED) is 0.337. The average Bonchev–Trinajstić information content (AvgIpc) is 3.66. The van der Waals surface area contributed by atoms with E-state index in [9.17, 15) is 27.6 Å². The van der Waals surface area contributed by atoms with Crippen LogP contribution in [0.1, 0.15) is 40.5 Å². The van der Waals surface area contributed by atoms with Gasteiger partial charge in [0, 0.05) is 17.8 Å². The molecule has 1 aliphatic heterocycles. The summed E-state index contributed by atoms with van der Waals surface area (Å²) in [4.78, 5) is 41.6. The van der Waals surface area contributed by atoms with Gasteiger partial charge in [0.15, 0.2) is 0 Å². The van der Waals surface area contributed by atoms with E-state index in [1.807, 2.05) is 0 Å². The number of benzene rings is 2. The molecule has 0 saturated carbocycles. The second-order valence-corrected chi connectivity index (χ2v) is 10.6. The maximum absolute atomic E-state index is 14.2. The molecule has 3 atom stereocenters. The molecule has 0 unspecified atom stereocenters. The molecular weight excluding hydrogens is 547 g/mol. The molecule has 3 aliphatic rings. The van der Waals surface area contributed by atoms with Gasteiger partial charge in [-0.15, -0.1) is 0 Å². The molecule has 3 aromatic rings. The fraction of sp³-hybridized carbons (Fsp3) is 0.226. The molecule has 0 fully saturated rings. The summed E-state index contributed by atoms with van der Waals surface area (Å²) in [7, 11) is 0. The fourth-order valence-corrected chi connectivity index (χ4v) is 6.17. The maximum Gasteiger partial charge on any atom is 0.251 e. The smallest absolute Gasteiger partial charge is 0.251 e. The fourth-order valence-electron chi connectivity index (χ4n) is 6.17. The van der Waals surface area contributed by atoms with Gasteiger partial charge in [-0.05, 0) is 77.8 Å². The monoisotopic (exact) mass is 573 g/mol. The van der Waals surface area contributed by atoms with Gasteiger partial charge in [-0.25, -0.2) is 18.6 Å². The first-order valence-electron chi connectivity index (χ1n) is 13.4. The van der Waals surface area contributed by atoms with E-state index in [1.165, 1.54) is 30.5 Å². The normalized spacial score (nSPS) is 19.5. The highest BCUT2D eigenvalue weighted by molar-refractivity contribution is 5.94. The Morgan fingerprint density at radius 3 is 2.67 bits per heavy atom. The molecule has 4 N–H and O–H groups in total. The van der Waals surface area contributed by atoms with Crippen molar-refractivity contribution in [1.82, 2.24) is 20.7 Å². The third-order valence-corrected chi connectivity index (χ3v) is 7.88. The number of hydrogen-bond acceptors (Lipinski definition) is 6. The van der Waals surface area contributed by atoms with Gasteiger partial charge in [0.25, 0.3) is 5.91 Å². The number of carbonyl (C=O) groups excluding carboxylic acids is 3. The summed E-state index contributed by atoms with van der Waals surface area (Å²) in [6.07, 6.45) is 6.13. The van der Waals surface area contributed by atoms with E-state index in [2.05, 4.69) is 21.8 Å². The minimum Gasteiger partial charge on any atom is -0.366 e. The number of nitrogens with zero attached hydrogens (tertiary/aromatic N) is 2. The summed E-state index contributed by atoms with van der Waals surface area (Å²) in [6, 6.07) is 8.89. The highest BCUT2D eigenvalue weighted by atomic mass is 19.1. The highest BCUT2D eigenvalue weighted by Gasteiger charge is 2.44. The Kier molecular flexibility index (Phi) is 7.11. The van der Waals surface area contributed by atoms with Crippen molar-refractivity contribution in [3.8, 4) is 11.1 Å². The van der Waals surface area contributed by atoms with Gasteiger partial charge < -0.3 is 15.8 Å². The number of amides is 2. The maximum atomic E-state index is 14.2. The van der Waals surface area contributed by atoms with Crippen LogP contribution in [0.5, 0.6) is 0 Å². The molecule has 2 heterocycles. The van der Waals surface area contributed by atoms with Crippen LogP contribution in [0.2, 0.25) is 0 Å². The Hall–Kier alpha value is -4.77. The lowest BCUT2D eigenvalue weighted by molar-refractivity contribution is -0.123. The summed E-state index contributed by atoms with van der Waals surface area (Å²) in [5.74, 6) is -3.46. The Labute approximate surface area is 239 Å². The summed E-state index contributed by atoms with van der Waals surface area (Å²) in [5, 5.41) is 4.61. The molecule has 214 valence electrons. The molecule has 2 amide bonds. The van der Waals surface area contributed by atoms with Crippen LogP contribution < -0.4 is 16.5 Å². The number of hydrazine groups is 1. The number of allylic oxidation sites excluding steroid dienone is 2. The molecule has 6 rings (SSSR count). The molecule has 2 aliphatic carbocycles. The van der Waals surface area contributed by atoms with Crippen molar-refractivity contribution >= 4 is 18.1 Å². The van der Waals surface area contributed by atoms with Crippen LogP contribution in [-0.2, 0) is 16.0 Å². The van der Waals surface area contributed by atoms with Crippen LogP contribution in [0, 0.1) is 23.4 Å². The van der Waals surface area contributed by atoms with Gasteiger partial charge in [-0.1, -0.05) is 18.2 Å². The molecule has 2 bridgehead atoms. The van der Waals surface area contributed by atoms with Gasteiger partial charge >= 0.3 is 0 Å². The highest BCUT2D eigenvalue weighted by Crippen LogP contribution is 2.48. The Bertz CT molecular complexity index is 1670. The van der Waals surface area contributed by atoms with E-state index in [-0.39, 0.29) is 30.0 Å². The molecule has 42 heavy (non-hydrogen) atoms. The zero-order valence-electron chi connectivity index (χ0n) is 22.2. The molecule has 11 heteroatoms. The predicted molar refractivity (Wildman–Crippen MR) is 147 cm³/mol. The van der Waals surface area contributed by atoms with E-state index in [4.69, 9.17) is 5.73 Å². The van der Waals surface area contributed by atoms with Crippen molar-refractivity contribution in [2.24, 2.45) is 11.7 Å². The standard InChI is InChI=1S/C31H26F3N5O3/c32-20-8-16(9-21(33)13-20)10-25(29-22(2-1-7-36-29)17-5-6-24(34)23(12-17)31(35)42)37-27(41)14-39-30-19-4-3-18(11-19)28(30)26(15-40)38-39/h1-2,4-9,12-13,15,18,25-26,38H,3,10-11,14H2,(H2,35,42)(H,37,41)/t18-,25-,26+/m0/s1. The molecular formula is C31H26F3N5O3. The van der Waals surface area contributed by atoms with Crippen molar-refractivity contribution in [2.45, 2.75) is 31.3 Å². The van der Waals surface area contributed by atoms with Gasteiger partial charge in [-0.2, -0.15) is 0 Å². The zero-order valence-corrected chi connectivity index (χ0v) is 22.2. The summed E-state index contributed by atoms with van der Waals surface area (Å²) < 4.78 is 42.5. The summed E-state index contributed by atoms with van der Waals surface area (Å²) >= 11 is 0. The van der Waals surface area contributed by atoms with Crippen LogP contribution in [-0.4, -0.2) is 40.7 Å². The van der Waals surface area contributed by atoms with Crippen molar-refractivity contribution < 1.29 is 27.6 Å². The number of rotatable bonds is 9. The number of pyridine rings is 1. The number of nitrogens with one attached hydrogen (secondary N) is 2. The lowest BCUT2D eigenvalue weighted by Crippen LogP contribution is -2.46. The van der Waals surface area contributed by atoms with Crippen LogP contribution in [0.3, 0.4) is 0 Å². The topological polar surface area (TPSA) is 117 Å². The zero-order chi connectivity index (χ0) is 29.5. The Morgan fingerprint density at radius 2 is 1.93 bits per heavy atom.